The van der Waals surface area contributed by atoms with E-state index in [0.717, 1.165) is 18.4 Å². The lowest BCUT2D eigenvalue weighted by Gasteiger charge is -2.03. The van der Waals surface area contributed by atoms with Gasteiger partial charge in [0.25, 0.3) is 0 Å². The van der Waals surface area contributed by atoms with Gasteiger partial charge in [-0.3, -0.25) is 0 Å². The molecule has 0 aliphatic carbocycles. The molecule has 0 aliphatic rings. The number of carbonyl (C=O) groups excluding carboxylic acids is 1. The van der Waals surface area contributed by atoms with E-state index in [9.17, 15) is 4.79 Å². The summed E-state index contributed by atoms with van der Waals surface area (Å²) < 4.78 is 5.11. The van der Waals surface area contributed by atoms with Gasteiger partial charge in [0, 0.05) is 5.56 Å². The molecule has 18 heavy (non-hydrogen) atoms. The van der Waals surface area contributed by atoms with Crippen LogP contribution < -0.4 is 0 Å². The highest BCUT2D eigenvalue weighted by Gasteiger charge is 2.08. The van der Waals surface area contributed by atoms with Crippen LogP contribution in [0.2, 0.25) is 0 Å². The van der Waals surface area contributed by atoms with E-state index >= 15 is 0 Å². The van der Waals surface area contributed by atoms with Gasteiger partial charge in [-0.1, -0.05) is 25.5 Å². The Balaban J connectivity index is 2.01. The van der Waals surface area contributed by atoms with Crippen LogP contribution in [0.5, 0.6) is 0 Å². The Morgan fingerprint density at radius 3 is 2.72 bits per heavy atom. The number of H-pyrrole nitrogens is 1. The van der Waals surface area contributed by atoms with Crippen LogP contribution >= 0.6 is 0 Å². The summed E-state index contributed by atoms with van der Waals surface area (Å²) >= 11 is 0. The molecule has 0 saturated carbocycles. The van der Waals surface area contributed by atoms with Gasteiger partial charge in [-0.05, 0) is 23.8 Å². The first-order chi connectivity index (χ1) is 8.81. The normalized spacial score (nSPS) is 10.3. The molecule has 0 atom stereocenters. The van der Waals surface area contributed by atoms with Crippen LogP contribution in [0.3, 0.4) is 0 Å². The number of nitrogens with zero attached hydrogens (tertiary/aromatic N) is 3. The maximum absolute atomic E-state index is 11.6. The molecule has 1 aromatic carbocycles. The van der Waals surface area contributed by atoms with Gasteiger partial charge in [0.15, 0.2) is 0 Å². The van der Waals surface area contributed by atoms with E-state index in [1.54, 1.807) is 24.3 Å². The fraction of sp³-hybridized carbons (Fsp3) is 0.333. The van der Waals surface area contributed by atoms with Crippen molar-refractivity contribution in [2.24, 2.45) is 0 Å². The predicted octanol–water partition coefficient (Wildman–Crippen LogP) is 1.82. The van der Waals surface area contributed by atoms with Crippen molar-refractivity contribution in [1.29, 1.82) is 0 Å². The molecule has 1 N–H and O–H groups in total. The van der Waals surface area contributed by atoms with Crippen LogP contribution in [-0.4, -0.2) is 33.2 Å². The van der Waals surface area contributed by atoms with Crippen LogP contribution in [-0.2, 0) is 4.74 Å². The minimum Gasteiger partial charge on any atom is -0.462 e. The molecular weight excluding hydrogens is 232 g/mol. The molecule has 94 valence electrons. The number of benzene rings is 1. The molecule has 6 nitrogen and oxygen atoms in total. The minimum atomic E-state index is -0.303. The summed E-state index contributed by atoms with van der Waals surface area (Å²) in [6, 6.07) is 6.92. The third kappa shape index (κ3) is 2.91. The van der Waals surface area contributed by atoms with Gasteiger partial charge in [0.2, 0.25) is 5.82 Å². The summed E-state index contributed by atoms with van der Waals surface area (Å²) in [6.07, 6.45) is 1.89. The van der Waals surface area contributed by atoms with Crippen molar-refractivity contribution >= 4 is 5.97 Å². The molecule has 0 fully saturated rings. The molecule has 2 aromatic rings. The second-order valence-corrected chi connectivity index (χ2v) is 3.80. The Labute approximate surface area is 104 Å². The van der Waals surface area contributed by atoms with Crippen LogP contribution in [0.15, 0.2) is 24.3 Å². The van der Waals surface area contributed by atoms with Crippen molar-refractivity contribution in [2.45, 2.75) is 19.8 Å². The molecule has 0 amide bonds. The molecule has 1 aromatic heterocycles. The maximum Gasteiger partial charge on any atom is 0.338 e. The van der Waals surface area contributed by atoms with Crippen molar-refractivity contribution in [1.82, 2.24) is 20.6 Å². The summed E-state index contributed by atoms with van der Waals surface area (Å²) in [4.78, 5) is 11.6. The number of aromatic nitrogens is 4. The summed E-state index contributed by atoms with van der Waals surface area (Å²) in [5, 5.41) is 13.6. The number of hydrogen-bond donors (Lipinski definition) is 1. The standard InChI is InChI=1S/C12H14N4O2/c1-2-3-8-18-12(17)10-6-4-9(5-7-10)11-13-15-16-14-11/h4-7H,2-3,8H2,1H3,(H,13,14,15,16). The van der Waals surface area contributed by atoms with E-state index < -0.39 is 0 Å². The number of aromatic amines is 1. The van der Waals surface area contributed by atoms with Gasteiger partial charge >= 0.3 is 5.97 Å². The van der Waals surface area contributed by atoms with Gasteiger partial charge in [-0.15, -0.1) is 10.2 Å². The van der Waals surface area contributed by atoms with Gasteiger partial charge in [-0.25, -0.2) is 4.79 Å². The monoisotopic (exact) mass is 246 g/mol. The topological polar surface area (TPSA) is 80.8 Å². The fourth-order valence-electron chi connectivity index (χ4n) is 1.43. The average Bonchev–Trinajstić information content (AvgIpc) is 2.93. The number of hydrogen-bond acceptors (Lipinski definition) is 5. The molecule has 0 bridgehead atoms. The van der Waals surface area contributed by atoms with Crippen LogP contribution in [0.1, 0.15) is 30.1 Å². The van der Waals surface area contributed by atoms with Crippen LogP contribution in [0, 0.1) is 0 Å². The summed E-state index contributed by atoms with van der Waals surface area (Å²) in [5.41, 5.74) is 1.33. The molecular formula is C12H14N4O2. The van der Waals surface area contributed by atoms with E-state index in [4.69, 9.17) is 4.74 Å². The number of unbranched alkanes of at least 4 members (excludes halogenated alkanes) is 1. The average molecular weight is 246 g/mol. The zero-order valence-corrected chi connectivity index (χ0v) is 10.1. The number of ether oxygens (including phenoxy) is 1. The first-order valence-corrected chi connectivity index (χ1v) is 5.82. The Hall–Kier alpha value is -2.24. The van der Waals surface area contributed by atoms with E-state index in [1.807, 2.05) is 6.92 Å². The lowest BCUT2D eigenvalue weighted by molar-refractivity contribution is 0.0500. The van der Waals surface area contributed by atoms with Gasteiger partial charge in [0.05, 0.1) is 12.2 Å². The third-order valence-electron chi connectivity index (χ3n) is 2.46. The quantitative estimate of drug-likeness (QED) is 0.643. The molecule has 0 saturated heterocycles. The van der Waals surface area contributed by atoms with Gasteiger partial charge in [0.1, 0.15) is 0 Å². The van der Waals surface area contributed by atoms with Crippen molar-refractivity contribution in [2.75, 3.05) is 6.61 Å². The third-order valence-corrected chi connectivity index (χ3v) is 2.46. The molecule has 2 rings (SSSR count). The number of nitrogens with one attached hydrogen (secondary N) is 1. The van der Waals surface area contributed by atoms with E-state index in [0.29, 0.717) is 18.0 Å². The smallest absolute Gasteiger partial charge is 0.338 e. The highest BCUT2D eigenvalue weighted by molar-refractivity contribution is 5.89. The van der Waals surface area contributed by atoms with Crippen molar-refractivity contribution < 1.29 is 9.53 Å². The molecule has 0 spiro atoms. The summed E-state index contributed by atoms with van der Waals surface area (Å²) in [5.74, 6) is 0.198. The molecule has 0 radical (unpaired) electrons. The minimum absolute atomic E-state index is 0.303. The number of tetrazole rings is 1. The van der Waals surface area contributed by atoms with Gasteiger partial charge < -0.3 is 4.74 Å². The first-order valence-electron chi connectivity index (χ1n) is 5.82. The highest BCUT2D eigenvalue weighted by Crippen LogP contribution is 2.14. The molecule has 6 heteroatoms. The van der Waals surface area contributed by atoms with Crippen molar-refractivity contribution in [3.8, 4) is 11.4 Å². The summed E-state index contributed by atoms with van der Waals surface area (Å²) in [7, 11) is 0. The van der Waals surface area contributed by atoms with E-state index in [2.05, 4.69) is 20.6 Å². The first kappa shape index (κ1) is 12.2. The Morgan fingerprint density at radius 2 is 2.11 bits per heavy atom. The maximum atomic E-state index is 11.6. The Bertz CT molecular complexity index is 493. The SMILES string of the molecule is CCCCOC(=O)c1ccc(-c2nn[nH]n2)cc1. The van der Waals surface area contributed by atoms with E-state index in [-0.39, 0.29) is 5.97 Å². The fourth-order valence-corrected chi connectivity index (χ4v) is 1.43. The number of carbonyl (C=O) groups is 1. The van der Waals surface area contributed by atoms with E-state index in [1.165, 1.54) is 0 Å². The number of rotatable bonds is 5. The molecule has 0 unspecified atom stereocenters. The summed E-state index contributed by atoms with van der Waals surface area (Å²) in [6.45, 7) is 2.51. The largest absolute Gasteiger partial charge is 0.462 e. The second-order valence-electron chi connectivity index (χ2n) is 3.80. The lowest BCUT2D eigenvalue weighted by atomic mass is 10.1. The van der Waals surface area contributed by atoms with Crippen LogP contribution in [0.4, 0.5) is 0 Å². The van der Waals surface area contributed by atoms with Crippen molar-refractivity contribution in [3.05, 3.63) is 29.8 Å². The van der Waals surface area contributed by atoms with Gasteiger partial charge in [-0.2, -0.15) is 5.21 Å². The second kappa shape index (κ2) is 5.90. The lowest BCUT2D eigenvalue weighted by Crippen LogP contribution is -2.06. The number of esters is 1. The van der Waals surface area contributed by atoms with Crippen molar-refractivity contribution in [3.63, 3.8) is 0 Å². The Kier molecular flexibility index (Phi) is 4.01. The molecule has 0 aliphatic heterocycles. The Morgan fingerprint density at radius 1 is 1.33 bits per heavy atom. The predicted molar refractivity (Wildman–Crippen MR) is 64.8 cm³/mol. The zero-order valence-electron chi connectivity index (χ0n) is 10.1. The highest BCUT2D eigenvalue weighted by atomic mass is 16.5. The van der Waals surface area contributed by atoms with Crippen LogP contribution in [0.25, 0.3) is 11.4 Å². The zero-order chi connectivity index (χ0) is 12.8. The molecule has 1 heterocycles.